The Bertz CT molecular complexity index is 629. The quantitative estimate of drug-likeness (QED) is 0.324. The van der Waals surface area contributed by atoms with Crippen LogP contribution >= 0.6 is 0 Å². The maximum absolute atomic E-state index is 8.65. The van der Waals surface area contributed by atoms with E-state index < -0.39 is 0 Å². The molecule has 1 aromatic carbocycles. The number of benzene rings is 1. The summed E-state index contributed by atoms with van der Waals surface area (Å²) in [7, 11) is 1.65. The number of hydrogen-bond donors (Lipinski definition) is 3. The van der Waals surface area contributed by atoms with Crippen LogP contribution in [0.25, 0.3) is 0 Å². The molecule has 0 saturated heterocycles. The van der Waals surface area contributed by atoms with Crippen molar-refractivity contribution in [3.05, 3.63) is 59.4 Å². The van der Waals surface area contributed by atoms with Crippen LogP contribution in [-0.4, -0.2) is 23.1 Å². The molecule has 1 heterocycles. The van der Waals surface area contributed by atoms with Crippen molar-refractivity contribution in [1.29, 1.82) is 0 Å². The van der Waals surface area contributed by atoms with Gasteiger partial charge in [-0.2, -0.15) is 0 Å². The summed E-state index contributed by atoms with van der Waals surface area (Å²) >= 11 is 0. The van der Waals surface area contributed by atoms with E-state index in [-0.39, 0.29) is 5.84 Å². The largest absolute Gasteiger partial charge is 0.497 e. The first-order valence-electron chi connectivity index (χ1n) is 6.49. The fourth-order valence-electron chi connectivity index (χ4n) is 1.91. The number of aromatic nitrogens is 1. The lowest BCUT2D eigenvalue weighted by Crippen LogP contribution is -2.17. The first-order valence-corrected chi connectivity index (χ1v) is 6.49. The molecular weight excluding hydrogens is 268 g/mol. The molecule has 0 atom stereocenters. The molecule has 6 nitrogen and oxygen atoms in total. The number of hydrogen-bond acceptors (Lipinski definition) is 5. The Balaban J connectivity index is 1.94. The van der Waals surface area contributed by atoms with Gasteiger partial charge < -0.3 is 21.0 Å². The van der Waals surface area contributed by atoms with E-state index in [0.717, 1.165) is 23.4 Å². The molecule has 0 saturated carbocycles. The van der Waals surface area contributed by atoms with Crippen molar-refractivity contribution in [2.75, 3.05) is 7.11 Å². The number of oxime groups is 1. The smallest absolute Gasteiger partial charge is 0.188 e. The number of pyridine rings is 1. The van der Waals surface area contributed by atoms with Crippen LogP contribution in [0.1, 0.15) is 16.8 Å². The molecule has 0 amide bonds. The first kappa shape index (κ1) is 14.8. The van der Waals surface area contributed by atoms with Crippen molar-refractivity contribution in [2.24, 2.45) is 10.9 Å². The van der Waals surface area contributed by atoms with E-state index >= 15 is 0 Å². The van der Waals surface area contributed by atoms with Crippen molar-refractivity contribution in [3.8, 4) is 5.75 Å². The predicted octanol–water partition coefficient (Wildman–Crippen LogP) is 1.47. The van der Waals surface area contributed by atoms with Gasteiger partial charge in [0.1, 0.15) is 11.4 Å². The van der Waals surface area contributed by atoms with Gasteiger partial charge in [0.25, 0.3) is 0 Å². The second-order valence-corrected chi connectivity index (χ2v) is 4.49. The van der Waals surface area contributed by atoms with Crippen LogP contribution < -0.4 is 15.8 Å². The molecule has 0 bridgehead atoms. The van der Waals surface area contributed by atoms with Crippen LogP contribution in [-0.2, 0) is 13.1 Å². The maximum atomic E-state index is 8.65. The number of nitrogens with two attached hydrogens (primary N) is 1. The fraction of sp³-hybridized carbons (Fsp3) is 0.200. The average Bonchev–Trinajstić information content (AvgIpc) is 2.54. The molecule has 21 heavy (non-hydrogen) atoms. The molecule has 2 rings (SSSR count). The summed E-state index contributed by atoms with van der Waals surface area (Å²) in [5.74, 6) is 0.845. The highest BCUT2D eigenvalue weighted by Gasteiger charge is 2.02. The molecule has 0 fully saturated rings. The Morgan fingerprint density at radius 3 is 2.76 bits per heavy atom. The Kier molecular flexibility index (Phi) is 5.11. The first-order chi connectivity index (χ1) is 10.2. The molecule has 110 valence electrons. The lowest BCUT2D eigenvalue weighted by atomic mass is 10.2. The topological polar surface area (TPSA) is 92.8 Å². The summed E-state index contributed by atoms with van der Waals surface area (Å²) in [5, 5.41) is 14.9. The van der Waals surface area contributed by atoms with Gasteiger partial charge in [-0.3, -0.25) is 4.98 Å². The molecule has 0 unspecified atom stereocenters. The van der Waals surface area contributed by atoms with Gasteiger partial charge in [-0.1, -0.05) is 17.3 Å². The predicted molar refractivity (Wildman–Crippen MR) is 80.3 cm³/mol. The molecule has 1 aromatic heterocycles. The summed E-state index contributed by atoms with van der Waals surface area (Å²) < 4.78 is 5.19. The standard InChI is InChI=1S/C15H18N4O2/c1-21-13-4-2-3-11(7-13)9-17-10-12-5-6-18-14(8-12)15(16)19-20/h2-8,17,20H,9-10H2,1H3,(H2,16,19). The van der Waals surface area contributed by atoms with Gasteiger partial charge in [0.05, 0.1) is 7.11 Å². The zero-order chi connectivity index (χ0) is 15.1. The molecule has 0 radical (unpaired) electrons. The van der Waals surface area contributed by atoms with E-state index in [2.05, 4.69) is 15.5 Å². The van der Waals surface area contributed by atoms with Crippen LogP contribution in [0.15, 0.2) is 47.8 Å². The van der Waals surface area contributed by atoms with Gasteiger partial charge in [-0.15, -0.1) is 0 Å². The van der Waals surface area contributed by atoms with E-state index in [4.69, 9.17) is 15.7 Å². The summed E-state index contributed by atoms with van der Waals surface area (Å²) in [6, 6.07) is 11.6. The molecular formula is C15H18N4O2. The number of amidine groups is 1. The van der Waals surface area contributed by atoms with Crippen LogP contribution in [0.3, 0.4) is 0 Å². The van der Waals surface area contributed by atoms with E-state index in [9.17, 15) is 0 Å². The van der Waals surface area contributed by atoms with Crippen LogP contribution in [0.4, 0.5) is 0 Å². The van der Waals surface area contributed by atoms with Crippen LogP contribution in [0.2, 0.25) is 0 Å². The Labute approximate surface area is 123 Å². The summed E-state index contributed by atoms with van der Waals surface area (Å²) in [6.45, 7) is 1.38. The average molecular weight is 286 g/mol. The second kappa shape index (κ2) is 7.25. The van der Waals surface area contributed by atoms with E-state index in [1.54, 1.807) is 19.4 Å². The zero-order valence-corrected chi connectivity index (χ0v) is 11.8. The molecule has 0 spiro atoms. The number of nitrogens with one attached hydrogen (secondary N) is 1. The lowest BCUT2D eigenvalue weighted by molar-refractivity contribution is 0.318. The van der Waals surface area contributed by atoms with Crippen LogP contribution in [0, 0.1) is 0 Å². The van der Waals surface area contributed by atoms with Gasteiger partial charge in [-0.05, 0) is 35.4 Å². The van der Waals surface area contributed by atoms with Gasteiger partial charge in [0.2, 0.25) is 0 Å². The summed E-state index contributed by atoms with van der Waals surface area (Å²) in [5.41, 5.74) is 8.12. The minimum atomic E-state index is 0.00430. The molecule has 0 aliphatic rings. The highest BCUT2D eigenvalue weighted by atomic mass is 16.5. The van der Waals surface area contributed by atoms with E-state index in [1.165, 1.54) is 0 Å². The zero-order valence-electron chi connectivity index (χ0n) is 11.8. The summed E-state index contributed by atoms with van der Waals surface area (Å²) in [6.07, 6.45) is 1.63. The van der Waals surface area contributed by atoms with E-state index in [0.29, 0.717) is 12.2 Å². The highest BCUT2D eigenvalue weighted by Crippen LogP contribution is 2.12. The molecule has 2 aromatic rings. The van der Waals surface area contributed by atoms with Crippen molar-refractivity contribution in [1.82, 2.24) is 10.3 Å². The third-order valence-corrected chi connectivity index (χ3v) is 2.99. The minimum absolute atomic E-state index is 0.00430. The Morgan fingerprint density at radius 2 is 2.05 bits per heavy atom. The van der Waals surface area contributed by atoms with Crippen molar-refractivity contribution >= 4 is 5.84 Å². The molecule has 0 aliphatic carbocycles. The third kappa shape index (κ3) is 4.19. The maximum Gasteiger partial charge on any atom is 0.188 e. The fourth-order valence-corrected chi connectivity index (χ4v) is 1.91. The monoisotopic (exact) mass is 286 g/mol. The number of rotatable bonds is 6. The van der Waals surface area contributed by atoms with Gasteiger partial charge in [-0.25, -0.2) is 0 Å². The Hall–Kier alpha value is -2.60. The van der Waals surface area contributed by atoms with Gasteiger partial charge in [0, 0.05) is 19.3 Å². The van der Waals surface area contributed by atoms with Crippen molar-refractivity contribution in [3.63, 3.8) is 0 Å². The molecule has 6 heteroatoms. The number of ether oxygens (including phenoxy) is 1. The SMILES string of the molecule is COc1cccc(CNCc2ccnc(C(N)=NO)c2)c1. The van der Waals surface area contributed by atoms with Crippen molar-refractivity contribution < 1.29 is 9.94 Å². The number of methoxy groups -OCH3 is 1. The molecule has 4 N–H and O–H groups in total. The molecule has 0 aliphatic heterocycles. The van der Waals surface area contributed by atoms with E-state index in [1.807, 2.05) is 30.3 Å². The number of nitrogens with zero attached hydrogens (tertiary/aromatic N) is 2. The second-order valence-electron chi connectivity index (χ2n) is 4.49. The summed E-state index contributed by atoms with van der Waals surface area (Å²) in [4.78, 5) is 4.04. The van der Waals surface area contributed by atoms with Gasteiger partial charge in [0.15, 0.2) is 5.84 Å². The minimum Gasteiger partial charge on any atom is -0.497 e. The van der Waals surface area contributed by atoms with Crippen molar-refractivity contribution in [2.45, 2.75) is 13.1 Å². The van der Waals surface area contributed by atoms with Gasteiger partial charge >= 0.3 is 0 Å². The normalized spacial score (nSPS) is 11.4. The third-order valence-electron chi connectivity index (χ3n) is 2.99. The van der Waals surface area contributed by atoms with Crippen LogP contribution in [0.5, 0.6) is 5.75 Å². The highest BCUT2D eigenvalue weighted by molar-refractivity contribution is 5.95. The lowest BCUT2D eigenvalue weighted by Gasteiger charge is -2.07. The Morgan fingerprint density at radius 1 is 1.29 bits per heavy atom.